The highest BCUT2D eigenvalue weighted by molar-refractivity contribution is 6.33. The highest BCUT2D eigenvalue weighted by Crippen LogP contribution is 2.32. The van der Waals surface area contributed by atoms with Crippen LogP contribution < -0.4 is 10.6 Å². The summed E-state index contributed by atoms with van der Waals surface area (Å²) < 4.78 is 0. The zero-order chi connectivity index (χ0) is 13.3. The quantitative estimate of drug-likeness (QED) is 0.328. The van der Waals surface area contributed by atoms with E-state index in [2.05, 4.69) is 5.16 Å². The first-order valence-electron chi connectivity index (χ1n) is 5.68. The van der Waals surface area contributed by atoms with Crippen LogP contribution in [0, 0.1) is 0 Å². The van der Waals surface area contributed by atoms with Crippen molar-refractivity contribution in [2.75, 3.05) is 18.0 Å². The lowest BCUT2D eigenvalue weighted by molar-refractivity contribution is 0.0839. The molecular formula is C12H16ClN3O2. The van der Waals surface area contributed by atoms with Crippen LogP contribution in [0.15, 0.2) is 23.4 Å². The summed E-state index contributed by atoms with van der Waals surface area (Å²) in [7, 11) is 0. The molecule has 0 aromatic heterocycles. The van der Waals surface area contributed by atoms with Gasteiger partial charge in [0, 0.05) is 18.7 Å². The van der Waals surface area contributed by atoms with Gasteiger partial charge in [-0.1, -0.05) is 16.8 Å². The molecule has 0 amide bonds. The highest BCUT2D eigenvalue weighted by Gasteiger charge is 2.32. The molecule has 5 nitrogen and oxygen atoms in total. The third-order valence-corrected chi connectivity index (χ3v) is 3.45. The molecule has 1 unspecified atom stereocenters. The van der Waals surface area contributed by atoms with Gasteiger partial charge in [0.15, 0.2) is 5.84 Å². The molecule has 4 N–H and O–H groups in total. The lowest BCUT2D eigenvalue weighted by atomic mass is 10.1. The van der Waals surface area contributed by atoms with Crippen LogP contribution in [0.3, 0.4) is 0 Å². The number of β-amino-alcohol motifs (C(OH)–C–C–N with tert-alkyl or cyclic N) is 1. The number of hydrogen-bond donors (Lipinski definition) is 3. The number of oxime groups is 1. The van der Waals surface area contributed by atoms with Crippen LogP contribution in [0.25, 0.3) is 0 Å². The van der Waals surface area contributed by atoms with Crippen LogP contribution in [0.4, 0.5) is 5.69 Å². The van der Waals surface area contributed by atoms with Gasteiger partial charge in [-0.25, -0.2) is 0 Å². The smallest absolute Gasteiger partial charge is 0.170 e. The maximum absolute atomic E-state index is 9.94. The van der Waals surface area contributed by atoms with Gasteiger partial charge in [0.25, 0.3) is 0 Å². The van der Waals surface area contributed by atoms with E-state index in [1.807, 2.05) is 17.9 Å². The van der Waals surface area contributed by atoms with Gasteiger partial charge < -0.3 is 20.9 Å². The summed E-state index contributed by atoms with van der Waals surface area (Å²) in [5.41, 5.74) is 6.24. The van der Waals surface area contributed by atoms with E-state index >= 15 is 0 Å². The molecule has 0 saturated carbocycles. The lowest BCUT2D eigenvalue weighted by Crippen LogP contribution is -2.29. The third kappa shape index (κ3) is 2.52. The Kier molecular flexibility index (Phi) is 3.36. The molecule has 0 radical (unpaired) electrons. The molecule has 1 atom stereocenters. The van der Waals surface area contributed by atoms with Crippen LogP contribution in [0.1, 0.15) is 18.9 Å². The van der Waals surface area contributed by atoms with Gasteiger partial charge in [-0.05, 0) is 31.5 Å². The van der Waals surface area contributed by atoms with Crippen molar-refractivity contribution in [1.29, 1.82) is 0 Å². The molecule has 0 aliphatic carbocycles. The first-order valence-corrected chi connectivity index (χ1v) is 6.05. The van der Waals surface area contributed by atoms with Crippen molar-refractivity contribution in [2.24, 2.45) is 10.9 Å². The molecular weight excluding hydrogens is 254 g/mol. The fraction of sp³-hybridized carbons (Fsp3) is 0.417. The predicted molar refractivity (Wildman–Crippen MR) is 71.4 cm³/mol. The minimum absolute atomic E-state index is 0.0249. The molecule has 1 saturated heterocycles. The Morgan fingerprint density at radius 1 is 1.56 bits per heavy atom. The van der Waals surface area contributed by atoms with E-state index in [1.165, 1.54) is 0 Å². The summed E-state index contributed by atoms with van der Waals surface area (Å²) in [5.74, 6) is 0.0249. The lowest BCUT2D eigenvalue weighted by Gasteiger charge is -2.22. The van der Waals surface area contributed by atoms with Gasteiger partial charge in [-0.15, -0.1) is 0 Å². The van der Waals surface area contributed by atoms with E-state index in [4.69, 9.17) is 22.5 Å². The zero-order valence-corrected chi connectivity index (χ0v) is 10.9. The minimum Gasteiger partial charge on any atom is -0.409 e. The standard InChI is InChI=1S/C12H16ClN3O2/c1-12(17)4-5-16(7-12)10-3-2-8(6-9(10)13)11(14)15-18/h2-3,6,17-18H,4-5,7H2,1H3,(H2,14,15). The van der Waals surface area contributed by atoms with E-state index < -0.39 is 5.60 Å². The number of anilines is 1. The average Bonchev–Trinajstić information content (AvgIpc) is 2.68. The van der Waals surface area contributed by atoms with Crippen molar-refractivity contribution >= 4 is 23.1 Å². The van der Waals surface area contributed by atoms with Gasteiger partial charge in [0.05, 0.1) is 16.3 Å². The molecule has 2 rings (SSSR count). The number of hydrogen-bond acceptors (Lipinski definition) is 4. The monoisotopic (exact) mass is 269 g/mol. The minimum atomic E-state index is -0.673. The second kappa shape index (κ2) is 4.66. The summed E-state index contributed by atoms with van der Waals surface area (Å²) >= 11 is 6.19. The van der Waals surface area contributed by atoms with Gasteiger partial charge in [-0.2, -0.15) is 0 Å². The van der Waals surface area contributed by atoms with E-state index in [1.54, 1.807) is 12.1 Å². The number of rotatable bonds is 2. The summed E-state index contributed by atoms with van der Waals surface area (Å²) in [4.78, 5) is 2.03. The number of amidine groups is 1. The number of nitrogens with two attached hydrogens (primary N) is 1. The summed E-state index contributed by atoms with van der Waals surface area (Å²) in [6, 6.07) is 5.21. The van der Waals surface area contributed by atoms with E-state index in [0.29, 0.717) is 23.6 Å². The topological polar surface area (TPSA) is 82.1 Å². The second-order valence-electron chi connectivity index (χ2n) is 4.82. The van der Waals surface area contributed by atoms with Crippen LogP contribution in [-0.4, -0.2) is 34.8 Å². The molecule has 98 valence electrons. The Hall–Kier alpha value is -1.46. The molecule has 1 aliphatic rings. The fourth-order valence-corrected chi connectivity index (χ4v) is 2.43. The molecule has 1 fully saturated rings. The Balaban J connectivity index is 2.26. The Labute approximate surface area is 110 Å². The molecule has 1 aromatic carbocycles. The van der Waals surface area contributed by atoms with Crippen molar-refractivity contribution in [1.82, 2.24) is 0 Å². The Bertz CT molecular complexity index is 488. The number of aliphatic hydroxyl groups is 1. The van der Waals surface area contributed by atoms with Crippen LogP contribution >= 0.6 is 11.6 Å². The SMILES string of the molecule is CC1(O)CCN(c2ccc(/C(N)=N/O)cc2Cl)C1. The summed E-state index contributed by atoms with van der Waals surface area (Å²) in [6.45, 7) is 3.12. The zero-order valence-electron chi connectivity index (χ0n) is 10.1. The van der Waals surface area contributed by atoms with Gasteiger partial charge >= 0.3 is 0 Å². The van der Waals surface area contributed by atoms with Gasteiger partial charge in [-0.3, -0.25) is 0 Å². The summed E-state index contributed by atoms with van der Waals surface area (Å²) in [6.07, 6.45) is 0.714. The van der Waals surface area contributed by atoms with Crippen LogP contribution in [0.2, 0.25) is 5.02 Å². The number of benzene rings is 1. The maximum Gasteiger partial charge on any atom is 0.170 e. The first kappa shape index (κ1) is 13.0. The first-order chi connectivity index (χ1) is 8.43. The molecule has 1 aliphatic heterocycles. The molecule has 18 heavy (non-hydrogen) atoms. The second-order valence-corrected chi connectivity index (χ2v) is 5.23. The average molecular weight is 270 g/mol. The maximum atomic E-state index is 9.94. The Morgan fingerprint density at radius 2 is 2.28 bits per heavy atom. The fourth-order valence-electron chi connectivity index (χ4n) is 2.13. The Morgan fingerprint density at radius 3 is 2.78 bits per heavy atom. The molecule has 0 bridgehead atoms. The molecule has 1 aromatic rings. The van der Waals surface area contributed by atoms with Crippen molar-refractivity contribution < 1.29 is 10.3 Å². The molecule has 6 heteroatoms. The largest absolute Gasteiger partial charge is 0.409 e. The number of nitrogens with zero attached hydrogens (tertiary/aromatic N) is 2. The van der Waals surface area contributed by atoms with E-state index in [0.717, 1.165) is 12.2 Å². The van der Waals surface area contributed by atoms with E-state index in [-0.39, 0.29) is 5.84 Å². The normalized spacial score (nSPS) is 24.6. The molecule has 0 spiro atoms. The third-order valence-electron chi connectivity index (χ3n) is 3.14. The molecule has 1 heterocycles. The predicted octanol–water partition coefficient (Wildman–Crippen LogP) is 1.40. The van der Waals surface area contributed by atoms with Gasteiger partial charge in [0.1, 0.15) is 0 Å². The van der Waals surface area contributed by atoms with Crippen molar-refractivity contribution in [3.63, 3.8) is 0 Å². The highest BCUT2D eigenvalue weighted by atomic mass is 35.5. The summed E-state index contributed by atoms with van der Waals surface area (Å²) in [5, 5.41) is 22.0. The van der Waals surface area contributed by atoms with E-state index in [9.17, 15) is 5.11 Å². The number of halogens is 1. The van der Waals surface area contributed by atoms with Crippen LogP contribution in [-0.2, 0) is 0 Å². The van der Waals surface area contributed by atoms with Crippen molar-refractivity contribution in [3.8, 4) is 0 Å². The van der Waals surface area contributed by atoms with Gasteiger partial charge in [0.2, 0.25) is 0 Å². The van der Waals surface area contributed by atoms with Crippen LogP contribution in [0.5, 0.6) is 0 Å². The van der Waals surface area contributed by atoms with Crippen molar-refractivity contribution in [2.45, 2.75) is 18.9 Å². The van der Waals surface area contributed by atoms with Crippen molar-refractivity contribution in [3.05, 3.63) is 28.8 Å².